The van der Waals surface area contributed by atoms with Gasteiger partial charge in [0.05, 0.1) is 29.1 Å². The molecule has 0 amide bonds. The summed E-state index contributed by atoms with van der Waals surface area (Å²) in [6.07, 6.45) is -0.876. The summed E-state index contributed by atoms with van der Waals surface area (Å²) in [4.78, 5) is 45.6. The van der Waals surface area contributed by atoms with Crippen LogP contribution in [0, 0.1) is 6.92 Å². The molecule has 0 N–H and O–H groups in total. The number of aryl methyl sites for hydroxylation is 1. The average molecular weight is 483 g/mol. The summed E-state index contributed by atoms with van der Waals surface area (Å²) in [7, 11) is 0. The van der Waals surface area contributed by atoms with Crippen LogP contribution in [0.2, 0.25) is 0 Å². The first-order valence-electron chi connectivity index (χ1n) is 11.9. The Morgan fingerprint density at radius 1 is 0.889 bits per heavy atom. The SMILES string of the molecule is Cc1ccc2c(c1)C(=O)c1c(-c3ccc4ccccc4n3)c(C(=O)OC(C)C)c(C(=O)OC(C)C)n1-2. The zero-order valence-electron chi connectivity index (χ0n) is 20.8. The number of ketones is 1. The molecule has 0 aliphatic carbocycles. The largest absolute Gasteiger partial charge is 0.459 e. The number of pyridine rings is 1. The highest BCUT2D eigenvalue weighted by Gasteiger charge is 2.42. The number of rotatable bonds is 5. The lowest BCUT2D eigenvalue weighted by Crippen LogP contribution is -2.21. The Hall–Kier alpha value is -4.26. The van der Waals surface area contributed by atoms with Crippen LogP contribution in [0.3, 0.4) is 0 Å². The molecule has 0 unspecified atom stereocenters. The molecule has 2 aromatic heterocycles. The maximum Gasteiger partial charge on any atom is 0.356 e. The Morgan fingerprint density at radius 3 is 2.31 bits per heavy atom. The lowest BCUT2D eigenvalue weighted by Gasteiger charge is -2.14. The Bertz CT molecular complexity index is 1560. The fraction of sp³-hybridized carbons (Fsp3) is 0.241. The number of carbonyl (C=O) groups is 3. The summed E-state index contributed by atoms with van der Waals surface area (Å²) in [5.41, 5.74) is 3.38. The molecule has 0 atom stereocenters. The van der Waals surface area contributed by atoms with Gasteiger partial charge in [0.15, 0.2) is 0 Å². The van der Waals surface area contributed by atoms with Gasteiger partial charge in [-0.3, -0.25) is 9.36 Å². The molecule has 0 bridgehead atoms. The molecule has 3 heterocycles. The average Bonchev–Trinajstić information content (AvgIpc) is 3.31. The summed E-state index contributed by atoms with van der Waals surface area (Å²) in [5.74, 6) is -1.72. The van der Waals surface area contributed by atoms with Crippen LogP contribution < -0.4 is 0 Å². The highest BCUT2D eigenvalue weighted by atomic mass is 16.5. The number of ether oxygens (including phenoxy) is 2. The topological polar surface area (TPSA) is 87.5 Å². The minimum absolute atomic E-state index is 0.0216. The van der Waals surface area contributed by atoms with E-state index >= 15 is 0 Å². The first kappa shape index (κ1) is 23.5. The Labute approximate surface area is 208 Å². The quantitative estimate of drug-likeness (QED) is 0.300. The monoisotopic (exact) mass is 482 g/mol. The third kappa shape index (κ3) is 3.77. The fourth-order valence-corrected chi connectivity index (χ4v) is 4.57. The minimum Gasteiger partial charge on any atom is -0.459 e. The van der Waals surface area contributed by atoms with Crippen LogP contribution in [0.25, 0.3) is 27.8 Å². The van der Waals surface area contributed by atoms with E-state index in [-0.39, 0.29) is 28.3 Å². The van der Waals surface area contributed by atoms with Crippen LogP contribution in [0.1, 0.15) is 70.2 Å². The number of para-hydroxylation sites is 1. The number of benzene rings is 2. The van der Waals surface area contributed by atoms with E-state index in [4.69, 9.17) is 14.5 Å². The van der Waals surface area contributed by atoms with E-state index in [1.807, 2.05) is 43.3 Å². The predicted molar refractivity (Wildman–Crippen MR) is 136 cm³/mol. The summed E-state index contributed by atoms with van der Waals surface area (Å²) < 4.78 is 12.6. The van der Waals surface area contributed by atoms with Crippen molar-refractivity contribution >= 4 is 28.6 Å². The number of hydrogen-bond donors (Lipinski definition) is 0. The van der Waals surface area contributed by atoms with Crippen LogP contribution in [-0.4, -0.2) is 39.5 Å². The van der Waals surface area contributed by atoms with Gasteiger partial charge in [-0.25, -0.2) is 14.6 Å². The molecule has 2 aromatic carbocycles. The van der Waals surface area contributed by atoms with Gasteiger partial charge in [0.2, 0.25) is 5.78 Å². The lowest BCUT2D eigenvalue weighted by atomic mass is 9.98. The van der Waals surface area contributed by atoms with Gasteiger partial charge < -0.3 is 9.47 Å². The van der Waals surface area contributed by atoms with Crippen molar-refractivity contribution in [2.45, 2.75) is 46.8 Å². The van der Waals surface area contributed by atoms with Crippen molar-refractivity contribution in [3.8, 4) is 16.9 Å². The molecule has 5 rings (SSSR count). The molecule has 7 nitrogen and oxygen atoms in total. The Kier molecular flexibility index (Phi) is 5.71. The molecule has 0 saturated carbocycles. The van der Waals surface area contributed by atoms with Crippen molar-refractivity contribution in [3.63, 3.8) is 0 Å². The first-order chi connectivity index (χ1) is 17.2. The molecule has 0 fully saturated rings. The van der Waals surface area contributed by atoms with Gasteiger partial charge >= 0.3 is 11.9 Å². The van der Waals surface area contributed by atoms with Gasteiger partial charge in [-0.1, -0.05) is 35.9 Å². The fourth-order valence-electron chi connectivity index (χ4n) is 4.57. The molecule has 0 spiro atoms. The second kappa shape index (κ2) is 8.75. The van der Waals surface area contributed by atoms with E-state index in [0.717, 1.165) is 10.9 Å². The van der Waals surface area contributed by atoms with Crippen molar-refractivity contribution in [1.82, 2.24) is 9.55 Å². The maximum atomic E-state index is 13.8. The van der Waals surface area contributed by atoms with E-state index < -0.39 is 24.1 Å². The zero-order valence-corrected chi connectivity index (χ0v) is 20.8. The second-order valence-electron chi connectivity index (χ2n) is 9.43. The number of esters is 2. The molecule has 4 aromatic rings. The molecule has 1 aliphatic rings. The molecule has 0 saturated heterocycles. The summed E-state index contributed by atoms with van der Waals surface area (Å²) in [6, 6.07) is 16.6. The zero-order chi connectivity index (χ0) is 25.7. The van der Waals surface area contributed by atoms with Gasteiger partial charge in [0.1, 0.15) is 17.0 Å². The highest BCUT2D eigenvalue weighted by molar-refractivity contribution is 6.22. The van der Waals surface area contributed by atoms with E-state index in [9.17, 15) is 14.4 Å². The lowest BCUT2D eigenvalue weighted by molar-refractivity contribution is 0.0322. The molecular formula is C29H26N2O5. The Balaban J connectivity index is 1.89. The van der Waals surface area contributed by atoms with Gasteiger partial charge in [0.25, 0.3) is 0 Å². The molecule has 0 radical (unpaired) electrons. The van der Waals surface area contributed by atoms with Crippen LogP contribution in [0.4, 0.5) is 0 Å². The van der Waals surface area contributed by atoms with E-state index in [2.05, 4.69) is 0 Å². The second-order valence-corrected chi connectivity index (χ2v) is 9.43. The third-order valence-electron chi connectivity index (χ3n) is 5.96. The van der Waals surface area contributed by atoms with Gasteiger partial charge in [0, 0.05) is 16.5 Å². The Morgan fingerprint density at radius 2 is 1.58 bits per heavy atom. The van der Waals surface area contributed by atoms with Crippen LogP contribution in [0.15, 0.2) is 54.6 Å². The number of carbonyl (C=O) groups excluding carboxylic acids is 3. The van der Waals surface area contributed by atoms with E-state index in [1.54, 1.807) is 45.9 Å². The summed E-state index contributed by atoms with van der Waals surface area (Å²) in [5, 5.41) is 0.910. The van der Waals surface area contributed by atoms with Gasteiger partial charge in [-0.05, 0) is 58.9 Å². The number of nitrogens with zero attached hydrogens (tertiary/aromatic N) is 2. The van der Waals surface area contributed by atoms with Crippen LogP contribution in [0.5, 0.6) is 0 Å². The first-order valence-corrected chi connectivity index (χ1v) is 11.9. The smallest absolute Gasteiger partial charge is 0.356 e. The molecule has 36 heavy (non-hydrogen) atoms. The van der Waals surface area contributed by atoms with Gasteiger partial charge in [-0.2, -0.15) is 0 Å². The summed E-state index contributed by atoms with van der Waals surface area (Å²) >= 11 is 0. The molecular weight excluding hydrogens is 456 g/mol. The van der Waals surface area contributed by atoms with Crippen molar-refractivity contribution in [2.24, 2.45) is 0 Å². The highest BCUT2D eigenvalue weighted by Crippen LogP contribution is 2.42. The minimum atomic E-state index is -0.714. The third-order valence-corrected chi connectivity index (χ3v) is 5.96. The van der Waals surface area contributed by atoms with Crippen LogP contribution >= 0.6 is 0 Å². The maximum absolute atomic E-state index is 13.8. The van der Waals surface area contributed by atoms with Crippen molar-refractivity contribution in [2.75, 3.05) is 0 Å². The number of aromatic nitrogens is 2. The van der Waals surface area contributed by atoms with Crippen molar-refractivity contribution in [3.05, 3.63) is 82.7 Å². The van der Waals surface area contributed by atoms with E-state index in [0.29, 0.717) is 22.5 Å². The van der Waals surface area contributed by atoms with E-state index in [1.165, 1.54) is 4.57 Å². The molecule has 7 heteroatoms. The van der Waals surface area contributed by atoms with Gasteiger partial charge in [-0.15, -0.1) is 0 Å². The van der Waals surface area contributed by atoms with Crippen molar-refractivity contribution in [1.29, 1.82) is 0 Å². The summed E-state index contributed by atoms with van der Waals surface area (Å²) in [6.45, 7) is 8.81. The van der Waals surface area contributed by atoms with Crippen LogP contribution in [-0.2, 0) is 9.47 Å². The standard InChI is InChI=1S/C29H26N2O5/c1-15(2)35-28(33)24-23(21-12-11-18-8-6-7-9-20(18)30-21)25-27(32)19-14-17(5)10-13-22(19)31(25)26(24)29(34)36-16(3)4/h6-16H,1-5H3. The molecule has 182 valence electrons. The normalized spacial score (nSPS) is 12.2. The predicted octanol–water partition coefficient (Wildman–Crippen LogP) is 5.68. The number of fused-ring (bicyclic) bond motifs is 4. The van der Waals surface area contributed by atoms with Crippen molar-refractivity contribution < 1.29 is 23.9 Å². The number of hydrogen-bond acceptors (Lipinski definition) is 6. The molecule has 1 aliphatic heterocycles.